The minimum atomic E-state index is -1.24. The summed E-state index contributed by atoms with van der Waals surface area (Å²) in [7, 11) is 0. The van der Waals surface area contributed by atoms with E-state index in [0.29, 0.717) is 29.6 Å². The molecule has 1 N–H and O–H groups in total. The number of carboxylic acid groups (broad SMARTS) is 1. The van der Waals surface area contributed by atoms with E-state index in [1.807, 2.05) is 24.3 Å². The summed E-state index contributed by atoms with van der Waals surface area (Å²) in [6.07, 6.45) is 11.2. The Morgan fingerprint density at radius 1 is 0.944 bits per heavy atom. The van der Waals surface area contributed by atoms with Gasteiger partial charge in [0.2, 0.25) is 5.69 Å². The molecule has 3 heterocycles. The van der Waals surface area contributed by atoms with E-state index in [1.165, 1.54) is 44.9 Å². The number of para-hydroxylation sites is 2. The van der Waals surface area contributed by atoms with Gasteiger partial charge in [0.15, 0.2) is 0 Å². The Hall–Kier alpha value is -2.21. The van der Waals surface area contributed by atoms with Crippen LogP contribution in [-0.4, -0.2) is 43.7 Å². The number of carbonyl (C=O) groups is 1. The average Bonchev–Trinajstić information content (AvgIpc) is 2.84. The molecule has 6 rings (SSSR count). The molecular weight excluding hydrogens is 450 g/mol. The fourth-order valence-electron chi connectivity index (χ4n) is 8.73. The van der Waals surface area contributed by atoms with Gasteiger partial charge < -0.3 is 9.67 Å². The molecule has 2 aliphatic carbocycles. The van der Waals surface area contributed by atoms with E-state index in [4.69, 9.17) is 0 Å². The van der Waals surface area contributed by atoms with Crippen molar-refractivity contribution in [2.45, 2.75) is 103 Å². The van der Waals surface area contributed by atoms with E-state index in [1.54, 1.807) is 4.57 Å². The number of aromatic carboxylic acids is 1. The molecule has 6 nitrogen and oxygen atoms in total. The molecule has 4 bridgehead atoms. The zero-order chi connectivity index (χ0) is 25.1. The summed E-state index contributed by atoms with van der Waals surface area (Å²) in [5.74, 6) is 2.79. The van der Waals surface area contributed by atoms with Crippen LogP contribution in [0.3, 0.4) is 0 Å². The van der Waals surface area contributed by atoms with Gasteiger partial charge in [-0.15, -0.1) is 0 Å². The van der Waals surface area contributed by atoms with Crippen molar-refractivity contribution in [1.82, 2.24) is 14.5 Å². The molecule has 2 saturated heterocycles. The third-order valence-corrected chi connectivity index (χ3v) is 10.4. The highest BCUT2D eigenvalue weighted by molar-refractivity contribution is 5.88. The first-order valence-electron chi connectivity index (χ1n) is 14.3. The lowest BCUT2D eigenvalue weighted by molar-refractivity contribution is -0.0744. The lowest BCUT2D eigenvalue weighted by Gasteiger charge is -2.57. The smallest absolute Gasteiger partial charge is 0.360 e. The molecule has 36 heavy (non-hydrogen) atoms. The number of fused-ring (bicyclic) bond motifs is 5. The molecule has 2 saturated carbocycles. The van der Waals surface area contributed by atoms with Gasteiger partial charge in [-0.2, -0.15) is 0 Å². The maximum Gasteiger partial charge on any atom is 0.360 e. The van der Waals surface area contributed by atoms with Gasteiger partial charge in [-0.25, -0.2) is 9.78 Å². The molecule has 6 heteroatoms. The van der Waals surface area contributed by atoms with Crippen LogP contribution in [0.4, 0.5) is 0 Å². The maximum atomic E-state index is 13.4. The van der Waals surface area contributed by atoms with Crippen molar-refractivity contribution in [1.29, 1.82) is 0 Å². The first kappa shape index (κ1) is 24.1. The monoisotopic (exact) mass is 491 g/mol. The molecule has 2 aliphatic heterocycles. The Balaban J connectivity index is 1.32. The topological polar surface area (TPSA) is 75.4 Å². The van der Waals surface area contributed by atoms with Crippen molar-refractivity contribution >= 4 is 17.0 Å². The number of rotatable bonds is 4. The lowest BCUT2D eigenvalue weighted by Crippen LogP contribution is -2.61. The Morgan fingerprint density at radius 2 is 1.67 bits per heavy atom. The number of hydrogen-bond donors (Lipinski definition) is 1. The maximum absolute atomic E-state index is 13.4. The van der Waals surface area contributed by atoms with Gasteiger partial charge >= 0.3 is 5.97 Å². The van der Waals surface area contributed by atoms with Crippen molar-refractivity contribution in [3.63, 3.8) is 0 Å². The van der Waals surface area contributed by atoms with Crippen LogP contribution in [0.2, 0.25) is 0 Å². The van der Waals surface area contributed by atoms with Crippen molar-refractivity contribution in [2.75, 3.05) is 0 Å². The molecule has 0 radical (unpaired) electrons. The van der Waals surface area contributed by atoms with Gasteiger partial charge in [-0.3, -0.25) is 9.69 Å². The van der Waals surface area contributed by atoms with Gasteiger partial charge in [0.05, 0.1) is 11.0 Å². The third kappa shape index (κ3) is 4.09. The van der Waals surface area contributed by atoms with Gasteiger partial charge in [0.25, 0.3) is 5.56 Å². The van der Waals surface area contributed by atoms with Crippen LogP contribution < -0.4 is 5.56 Å². The first-order valence-corrected chi connectivity index (χ1v) is 14.3. The molecule has 194 valence electrons. The highest BCUT2D eigenvalue weighted by atomic mass is 16.4. The van der Waals surface area contributed by atoms with E-state index >= 15 is 0 Å². The molecule has 4 aliphatic rings. The fourth-order valence-corrected chi connectivity index (χ4v) is 8.73. The van der Waals surface area contributed by atoms with Crippen LogP contribution in [-0.2, 0) is 0 Å². The van der Waals surface area contributed by atoms with E-state index in [9.17, 15) is 14.7 Å². The number of carboxylic acids is 1. The van der Waals surface area contributed by atoms with E-state index in [-0.39, 0.29) is 11.7 Å². The van der Waals surface area contributed by atoms with E-state index < -0.39 is 11.5 Å². The average molecular weight is 492 g/mol. The number of aromatic nitrogens is 2. The van der Waals surface area contributed by atoms with Gasteiger partial charge in [0, 0.05) is 24.2 Å². The zero-order valence-electron chi connectivity index (χ0n) is 22.0. The van der Waals surface area contributed by atoms with E-state index in [0.717, 1.165) is 42.0 Å². The van der Waals surface area contributed by atoms with Gasteiger partial charge in [-0.1, -0.05) is 32.9 Å². The van der Waals surface area contributed by atoms with Crippen molar-refractivity contribution in [2.24, 2.45) is 29.6 Å². The summed E-state index contributed by atoms with van der Waals surface area (Å²) in [5, 5.41) is 9.71. The van der Waals surface area contributed by atoms with Crippen LogP contribution in [0, 0.1) is 29.6 Å². The van der Waals surface area contributed by atoms with E-state index in [2.05, 4.69) is 30.7 Å². The van der Waals surface area contributed by atoms with Crippen LogP contribution in [0.25, 0.3) is 11.0 Å². The Bertz CT molecular complexity index is 1190. The number of hydrogen-bond acceptors (Lipinski definition) is 4. The predicted octanol–water partition coefficient (Wildman–Crippen LogP) is 5.75. The Morgan fingerprint density at radius 3 is 2.36 bits per heavy atom. The molecule has 4 fully saturated rings. The molecule has 8 atom stereocenters. The standard InChI is InChI=1S/C30H41N3O3/c1-17(2)21-11-19-10-20(12-21)14-23(13-19)32-22-9-8-18(3)27(32)16-24(15-22)33-26-7-5-4-6-25(26)31-28(29(33)34)30(35)36/h4-7,17-24,27H,8-16H2,1-3H3,(H,35,36)/t18-,19-,20+,21?,22+,23?,24-,27+/m0/s1. The summed E-state index contributed by atoms with van der Waals surface area (Å²) in [6.45, 7) is 7.20. The largest absolute Gasteiger partial charge is 0.476 e. The summed E-state index contributed by atoms with van der Waals surface area (Å²) in [4.78, 5) is 32.4. The van der Waals surface area contributed by atoms with Crippen molar-refractivity contribution < 1.29 is 9.90 Å². The summed E-state index contributed by atoms with van der Waals surface area (Å²) >= 11 is 0. The highest BCUT2D eigenvalue weighted by Gasteiger charge is 2.48. The SMILES string of the molecule is CC(C)C1C[C@@H]2CC(N3[C@@H]4CC[C@H](C)[C@H]3C[C@@H](n3c(=O)c(C(=O)O)nc5ccccc53)C4)C[C@H](C1)C2. The van der Waals surface area contributed by atoms with Crippen LogP contribution in [0.1, 0.15) is 95.1 Å². The minimum absolute atomic E-state index is 0.0194. The quantitative estimate of drug-likeness (QED) is 0.589. The van der Waals surface area contributed by atoms with Crippen molar-refractivity contribution in [3.05, 3.63) is 40.3 Å². The molecule has 1 aromatic carbocycles. The predicted molar refractivity (Wildman–Crippen MR) is 141 cm³/mol. The molecular formula is C30H41N3O3. The minimum Gasteiger partial charge on any atom is -0.476 e. The number of piperidine rings is 2. The summed E-state index contributed by atoms with van der Waals surface area (Å²) in [6, 6.07) is 9.15. The molecule has 0 spiro atoms. The van der Waals surface area contributed by atoms with Gasteiger partial charge in [0.1, 0.15) is 0 Å². The Labute approximate surface area is 214 Å². The second-order valence-electron chi connectivity index (χ2n) is 12.8. The third-order valence-electron chi connectivity index (χ3n) is 10.4. The lowest BCUT2D eigenvalue weighted by atomic mass is 9.63. The first-order chi connectivity index (χ1) is 17.3. The number of nitrogens with zero attached hydrogens (tertiary/aromatic N) is 3. The second-order valence-corrected chi connectivity index (χ2v) is 12.8. The summed E-state index contributed by atoms with van der Waals surface area (Å²) in [5.41, 5.74) is 0.560. The van der Waals surface area contributed by atoms with Crippen molar-refractivity contribution in [3.8, 4) is 0 Å². The highest BCUT2D eigenvalue weighted by Crippen LogP contribution is 2.50. The molecule has 0 amide bonds. The Kier molecular flexibility index (Phi) is 6.22. The molecule has 1 aromatic heterocycles. The van der Waals surface area contributed by atoms with Crippen LogP contribution in [0.5, 0.6) is 0 Å². The zero-order valence-corrected chi connectivity index (χ0v) is 22.0. The van der Waals surface area contributed by atoms with Crippen LogP contribution >= 0.6 is 0 Å². The van der Waals surface area contributed by atoms with Gasteiger partial charge in [-0.05, 0) is 99.5 Å². The van der Waals surface area contributed by atoms with Crippen LogP contribution in [0.15, 0.2) is 29.1 Å². The summed E-state index contributed by atoms with van der Waals surface area (Å²) < 4.78 is 1.80. The second kappa shape index (κ2) is 9.27. The number of benzene rings is 1. The molecule has 2 aromatic rings. The normalized spacial score (nSPS) is 36.8. The molecule has 2 unspecified atom stereocenters. The fraction of sp³-hybridized carbons (Fsp3) is 0.700.